The van der Waals surface area contributed by atoms with Crippen molar-refractivity contribution in [3.63, 3.8) is 0 Å². The monoisotopic (exact) mass is 144 g/mol. The van der Waals surface area contributed by atoms with Crippen LogP contribution in [0.25, 0.3) is 0 Å². The number of rotatable bonds is 3. The highest BCUT2D eigenvalue weighted by Gasteiger charge is 2.46. The van der Waals surface area contributed by atoms with Crippen LogP contribution in [0.3, 0.4) is 0 Å². The molecule has 3 atom stereocenters. The number of aliphatic hydroxyl groups excluding tert-OH is 1. The van der Waals surface area contributed by atoms with Gasteiger partial charge in [0, 0.05) is 6.61 Å². The second-order valence-electron chi connectivity index (χ2n) is 3.55. The number of hydrogen-bond acceptors (Lipinski definition) is 2. The van der Waals surface area contributed by atoms with E-state index < -0.39 is 0 Å². The molecular weight excluding hydrogens is 128 g/mol. The van der Waals surface area contributed by atoms with Crippen molar-refractivity contribution in [2.75, 3.05) is 13.2 Å². The van der Waals surface area contributed by atoms with Gasteiger partial charge in [-0.3, -0.25) is 0 Å². The number of ether oxygens (including phenoxy) is 1. The lowest BCUT2D eigenvalue weighted by Gasteiger charge is -2.20. The molecule has 1 heterocycles. The van der Waals surface area contributed by atoms with Gasteiger partial charge in [-0.1, -0.05) is 13.8 Å². The quantitative estimate of drug-likeness (QED) is 0.600. The van der Waals surface area contributed by atoms with Crippen LogP contribution in [0.4, 0.5) is 0 Å². The summed E-state index contributed by atoms with van der Waals surface area (Å²) in [6, 6.07) is 0. The minimum absolute atomic E-state index is 0.0716. The van der Waals surface area contributed by atoms with E-state index in [2.05, 4.69) is 20.8 Å². The molecule has 10 heavy (non-hydrogen) atoms. The van der Waals surface area contributed by atoms with Gasteiger partial charge in [-0.25, -0.2) is 0 Å². The summed E-state index contributed by atoms with van der Waals surface area (Å²) in [5, 5.41) is 8.84. The predicted molar refractivity (Wildman–Crippen MR) is 39.8 cm³/mol. The van der Waals surface area contributed by atoms with E-state index in [1.54, 1.807) is 0 Å². The molecule has 1 aliphatic rings. The lowest BCUT2D eigenvalue weighted by Crippen LogP contribution is -2.26. The second-order valence-corrected chi connectivity index (χ2v) is 3.55. The van der Waals surface area contributed by atoms with Gasteiger partial charge in [0.15, 0.2) is 0 Å². The summed E-state index contributed by atoms with van der Waals surface area (Å²) in [4.78, 5) is 0. The third-order valence-electron chi connectivity index (χ3n) is 2.70. The number of hydrogen-bond donors (Lipinski definition) is 1. The molecule has 1 saturated heterocycles. The molecule has 0 aliphatic carbocycles. The summed E-state index contributed by atoms with van der Waals surface area (Å²) in [5.41, 5.74) is 0.0716. The van der Waals surface area contributed by atoms with E-state index in [9.17, 15) is 0 Å². The van der Waals surface area contributed by atoms with Gasteiger partial charge in [0.05, 0.1) is 12.2 Å². The summed E-state index contributed by atoms with van der Waals surface area (Å²) >= 11 is 0. The van der Waals surface area contributed by atoms with Crippen LogP contribution >= 0.6 is 0 Å². The second kappa shape index (κ2) is 2.51. The Morgan fingerprint density at radius 2 is 2.10 bits per heavy atom. The van der Waals surface area contributed by atoms with Crippen LogP contribution in [0.5, 0.6) is 0 Å². The van der Waals surface area contributed by atoms with E-state index in [0.29, 0.717) is 11.8 Å². The maximum Gasteiger partial charge on any atom is 0.0917 e. The van der Waals surface area contributed by atoms with E-state index in [0.717, 1.165) is 6.61 Å². The van der Waals surface area contributed by atoms with Crippen molar-refractivity contribution in [3.05, 3.63) is 0 Å². The van der Waals surface area contributed by atoms with Crippen LogP contribution in [0.2, 0.25) is 0 Å². The molecule has 3 unspecified atom stereocenters. The van der Waals surface area contributed by atoms with Gasteiger partial charge in [0.2, 0.25) is 0 Å². The summed E-state index contributed by atoms with van der Waals surface area (Å²) in [6.07, 6.45) is 0. The Morgan fingerprint density at radius 3 is 2.40 bits per heavy atom. The minimum atomic E-state index is 0.0716. The topological polar surface area (TPSA) is 32.8 Å². The van der Waals surface area contributed by atoms with Gasteiger partial charge < -0.3 is 9.84 Å². The first-order chi connectivity index (χ1) is 4.60. The molecule has 0 aromatic rings. The molecule has 0 spiro atoms. The Balaban J connectivity index is 2.40. The number of epoxide rings is 1. The smallest absolute Gasteiger partial charge is 0.0917 e. The molecule has 1 N–H and O–H groups in total. The highest BCUT2D eigenvalue weighted by molar-refractivity contribution is 4.93. The molecule has 60 valence electrons. The van der Waals surface area contributed by atoms with Crippen LogP contribution < -0.4 is 0 Å². The SMILES string of the molecule is CC(CO)C(C)C1(C)CO1. The third kappa shape index (κ3) is 1.32. The zero-order chi connectivity index (χ0) is 7.78. The first kappa shape index (κ1) is 8.02. The van der Waals surface area contributed by atoms with Crippen molar-refractivity contribution in [2.45, 2.75) is 26.4 Å². The Hall–Kier alpha value is -0.0800. The van der Waals surface area contributed by atoms with E-state index in [1.807, 2.05) is 0 Å². The molecule has 0 amide bonds. The Morgan fingerprint density at radius 1 is 1.60 bits per heavy atom. The van der Waals surface area contributed by atoms with E-state index in [4.69, 9.17) is 9.84 Å². The van der Waals surface area contributed by atoms with Crippen molar-refractivity contribution in [1.82, 2.24) is 0 Å². The highest BCUT2D eigenvalue weighted by atomic mass is 16.6. The average molecular weight is 144 g/mol. The van der Waals surface area contributed by atoms with E-state index in [1.165, 1.54) is 0 Å². The summed E-state index contributed by atoms with van der Waals surface area (Å²) in [7, 11) is 0. The van der Waals surface area contributed by atoms with Crippen molar-refractivity contribution < 1.29 is 9.84 Å². The standard InChI is InChI=1S/C8H16O2/c1-6(4-9)7(2)8(3)5-10-8/h6-7,9H,4-5H2,1-3H3. The van der Waals surface area contributed by atoms with Crippen molar-refractivity contribution in [2.24, 2.45) is 11.8 Å². The molecule has 1 aliphatic heterocycles. The zero-order valence-electron chi connectivity index (χ0n) is 6.92. The van der Waals surface area contributed by atoms with Gasteiger partial charge in [-0.15, -0.1) is 0 Å². The zero-order valence-corrected chi connectivity index (χ0v) is 6.92. The molecule has 2 heteroatoms. The highest BCUT2D eigenvalue weighted by Crippen LogP contribution is 2.38. The molecule has 1 fully saturated rings. The lowest BCUT2D eigenvalue weighted by atomic mass is 9.86. The van der Waals surface area contributed by atoms with Crippen LogP contribution in [-0.2, 0) is 4.74 Å². The summed E-state index contributed by atoms with van der Waals surface area (Å²) < 4.78 is 5.27. The fourth-order valence-electron chi connectivity index (χ4n) is 1.14. The molecule has 2 nitrogen and oxygen atoms in total. The lowest BCUT2D eigenvalue weighted by molar-refractivity contribution is 0.136. The number of aliphatic hydroxyl groups is 1. The molecule has 1 rings (SSSR count). The van der Waals surface area contributed by atoms with Crippen molar-refractivity contribution in [3.8, 4) is 0 Å². The largest absolute Gasteiger partial charge is 0.396 e. The van der Waals surface area contributed by atoms with Gasteiger partial charge in [0.1, 0.15) is 0 Å². The van der Waals surface area contributed by atoms with Crippen molar-refractivity contribution >= 4 is 0 Å². The normalized spacial score (nSPS) is 37.2. The molecule has 0 aromatic heterocycles. The first-order valence-electron chi connectivity index (χ1n) is 3.85. The fraction of sp³-hybridized carbons (Fsp3) is 1.00. The van der Waals surface area contributed by atoms with Crippen LogP contribution in [0.1, 0.15) is 20.8 Å². The molecular formula is C8H16O2. The third-order valence-corrected chi connectivity index (χ3v) is 2.70. The van der Waals surface area contributed by atoms with Crippen LogP contribution in [0.15, 0.2) is 0 Å². The average Bonchev–Trinajstić information content (AvgIpc) is 2.66. The Labute approximate surface area is 62.2 Å². The molecule has 0 saturated carbocycles. The Kier molecular flexibility index (Phi) is 2.02. The predicted octanol–water partition coefficient (Wildman–Crippen LogP) is 1.04. The van der Waals surface area contributed by atoms with Gasteiger partial charge in [0.25, 0.3) is 0 Å². The van der Waals surface area contributed by atoms with Gasteiger partial charge in [-0.2, -0.15) is 0 Å². The van der Waals surface area contributed by atoms with Crippen molar-refractivity contribution in [1.29, 1.82) is 0 Å². The van der Waals surface area contributed by atoms with E-state index >= 15 is 0 Å². The van der Waals surface area contributed by atoms with Gasteiger partial charge >= 0.3 is 0 Å². The molecule has 0 bridgehead atoms. The van der Waals surface area contributed by atoms with Gasteiger partial charge in [-0.05, 0) is 18.8 Å². The summed E-state index contributed by atoms with van der Waals surface area (Å²) in [5.74, 6) is 0.824. The Bertz CT molecular complexity index is 118. The van der Waals surface area contributed by atoms with Crippen LogP contribution in [-0.4, -0.2) is 23.9 Å². The maximum absolute atomic E-state index is 8.84. The summed E-state index contributed by atoms with van der Waals surface area (Å²) in [6.45, 7) is 7.41. The minimum Gasteiger partial charge on any atom is -0.396 e. The molecule has 0 radical (unpaired) electrons. The molecule has 0 aromatic carbocycles. The van der Waals surface area contributed by atoms with Crippen LogP contribution in [0, 0.1) is 11.8 Å². The maximum atomic E-state index is 8.84. The first-order valence-corrected chi connectivity index (χ1v) is 3.85. The fourth-order valence-corrected chi connectivity index (χ4v) is 1.14. The van der Waals surface area contributed by atoms with E-state index in [-0.39, 0.29) is 12.2 Å².